The van der Waals surface area contributed by atoms with Gasteiger partial charge >= 0.3 is 47.8 Å². The van der Waals surface area contributed by atoms with Crippen molar-refractivity contribution in [2.24, 2.45) is 27.1 Å². The summed E-state index contributed by atoms with van der Waals surface area (Å²) in [5, 5.41) is 10.8. The summed E-state index contributed by atoms with van der Waals surface area (Å²) in [5.41, 5.74) is -1.61. The molecular weight excluding hydrogens is 1740 g/mol. The maximum absolute atomic E-state index is 13.2. The third kappa shape index (κ3) is 45.6. The summed E-state index contributed by atoms with van der Waals surface area (Å²) in [4.78, 5) is 129. The zero-order chi connectivity index (χ0) is 99.3. The predicted molar refractivity (Wildman–Crippen MR) is 457 cm³/mol. The second-order valence-corrected chi connectivity index (χ2v) is 33.6. The minimum atomic E-state index is -3.70. The molecule has 0 aromatic heterocycles. The Labute approximate surface area is 748 Å². The van der Waals surface area contributed by atoms with E-state index in [0.717, 1.165) is 5.39 Å². The Morgan fingerprint density at radius 2 is 0.631 bits per heavy atom. The average molecular weight is 1860 g/mol. The third-order valence-corrected chi connectivity index (χ3v) is 19.1. The molecule has 0 saturated heterocycles. The fraction of sp³-hybridized carbons (Fsp3) is 0.533. The Bertz CT molecular complexity index is 4440. The summed E-state index contributed by atoms with van der Waals surface area (Å²) in [7, 11) is 0. The lowest BCUT2D eigenvalue weighted by Gasteiger charge is -2.22. The molecule has 0 spiro atoms. The number of fused-ring (bicyclic) bond motifs is 2. The van der Waals surface area contributed by atoms with Gasteiger partial charge in [0.15, 0.2) is 59.6 Å². The van der Waals surface area contributed by atoms with Crippen molar-refractivity contribution in [3.8, 4) is 34.5 Å². The van der Waals surface area contributed by atoms with Crippen LogP contribution in [0.4, 0.5) is 64.1 Å². The molecule has 38 heteroatoms. The van der Waals surface area contributed by atoms with E-state index < -0.39 is 184 Å². The largest absolute Gasteiger partial charge is 0.482 e. The number of esters is 8. The highest BCUT2D eigenvalue weighted by Gasteiger charge is 2.41. The van der Waals surface area contributed by atoms with Crippen molar-refractivity contribution in [3.05, 3.63) is 121 Å². The Morgan fingerprint density at radius 1 is 0.308 bits per heavy atom. The summed E-state index contributed by atoms with van der Waals surface area (Å²) in [6.45, 7) is 23.4. The second-order valence-electron chi connectivity index (χ2n) is 33.6. The van der Waals surface area contributed by atoms with Gasteiger partial charge in [-0.25, -0.2) is 71.9 Å². The van der Waals surface area contributed by atoms with E-state index in [1.807, 2.05) is 68.4 Å². The SMILES string of the molecule is CCC(C)(C)C(=O)NCOC(=O)CC(=O)OCCC(F)(F)CC(C)(F)F.CCC(C)(C)C(=O)Nc1ccc(OCC(=O)OCC(C)(F)F)cc1.CCC(C)(C)C(=O)Nc1cccc2c(OCC(=O)OCC(C)(F)F)cccc12.CCC(C)(C)C(=O)Oc1ccc(OCC(=O)OCC(C)(F)F)cc1.CCC(C)(C)C(=O)Oc1cccc2c(OCC(=O)OCC(C)(F)F)cccc12. The maximum Gasteiger partial charge on any atom is 0.344 e. The Hall–Kier alpha value is -11.6. The average Bonchev–Trinajstić information content (AvgIpc) is 0.800. The quantitative estimate of drug-likeness (QED) is 0.00799. The molecule has 0 atom stereocenters. The molecule has 0 radical (unpaired) electrons. The number of amides is 3. The van der Waals surface area contributed by atoms with Gasteiger partial charge in [-0.15, -0.1) is 0 Å². The molecule has 0 aliphatic heterocycles. The molecule has 0 unspecified atom stereocenters. The molecule has 26 nitrogen and oxygen atoms in total. The van der Waals surface area contributed by atoms with Crippen molar-refractivity contribution in [1.29, 1.82) is 0 Å². The molecule has 0 heterocycles. The predicted octanol–water partition coefficient (Wildman–Crippen LogP) is 19.8. The highest BCUT2D eigenvalue weighted by Crippen LogP contribution is 2.38. The van der Waals surface area contributed by atoms with Crippen molar-refractivity contribution >= 4 is 98.4 Å². The number of benzene rings is 6. The molecule has 0 bridgehead atoms. The Balaban J connectivity index is 0.000000551. The van der Waals surface area contributed by atoms with Crippen LogP contribution in [0.25, 0.3) is 21.5 Å². The fourth-order valence-electron chi connectivity index (χ4n) is 9.12. The molecule has 6 rings (SSSR count). The standard InChI is InChI=1S/C21H25F2NO4.C21H24F2O5.C17H23F2NO4.C17H22F2O5.C16H25F4NO5/c1-5-20(2,3)19(26)24-16-10-6-9-15-14(16)8-7-11-17(15)27-12-18(25)28-13-21(4,22)23;1-5-20(2,3)19(25)28-17-11-7-8-14-15(17)9-6-10-16(14)26-12-18(24)27-13-21(4,22)23;1-5-16(2,3)15(22)20-12-6-8-13(9-7-12)23-10-14(21)24-11-17(4,18)19;1-5-16(2,3)15(21)24-13-8-6-12(7-9-13)22-10-14(20)23-11-17(4,18)19;1-5-14(2,3)13(24)21-10-26-12(23)8-11(22)25-7-6-16(19,20)9-15(4,17)18/h6-11H,5,12-13H2,1-4H3,(H,24,26);6-11H,5,12-13H2,1-4H3;6-9H,5,10-11H2,1-4H3,(H,20,22);6-9H,5,10-11H2,1-4H3;5-10H2,1-4H3,(H,21,24). The van der Waals surface area contributed by atoms with E-state index in [4.69, 9.17) is 28.4 Å². The number of hydrogen-bond acceptors (Lipinski definition) is 23. The molecule has 0 saturated carbocycles. The van der Waals surface area contributed by atoms with E-state index in [9.17, 15) is 105 Å². The van der Waals surface area contributed by atoms with E-state index in [2.05, 4.69) is 44.4 Å². The van der Waals surface area contributed by atoms with Crippen LogP contribution in [0.3, 0.4) is 0 Å². The van der Waals surface area contributed by atoms with E-state index in [1.54, 1.807) is 133 Å². The normalized spacial score (nSPS) is 12.0. The number of hydrogen-bond donors (Lipinski definition) is 3. The summed E-state index contributed by atoms with van der Waals surface area (Å²) >= 11 is 0. The van der Waals surface area contributed by atoms with Crippen LogP contribution in [0.1, 0.15) is 190 Å². The number of alkyl halides is 12. The highest BCUT2D eigenvalue weighted by molar-refractivity contribution is 6.05. The van der Waals surface area contributed by atoms with Crippen LogP contribution in [0.5, 0.6) is 34.5 Å². The van der Waals surface area contributed by atoms with Gasteiger partial charge in [0.2, 0.25) is 17.7 Å². The topological polar surface area (TPSA) is 335 Å². The molecule has 6 aromatic rings. The number of halogens is 12. The summed E-state index contributed by atoms with van der Waals surface area (Å²) in [6.07, 6.45) is -0.353. The van der Waals surface area contributed by atoms with Gasteiger partial charge in [-0.2, -0.15) is 0 Å². The van der Waals surface area contributed by atoms with E-state index in [1.165, 1.54) is 24.3 Å². The lowest BCUT2D eigenvalue weighted by atomic mass is 9.89. The van der Waals surface area contributed by atoms with Crippen molar-refractivity contribution < 1.29 is 162 Å². The van der Waals surface area contributed by atoms with Gasteiger partial charge < -0.3 is 72.8 Å². The van der Waals surface area contributed by atoms with Gasteiger partial charge in [-0.1, -0.05) is 125 Å². The molecule has 0 aliphatic carbocycles. The minimum Gasteiger partial charge on any atom is -0.482 e. The van der Waals surface area contributed by atoms with Gasteiger partial charge in [0.05, 0.1) is 23.9 Å². The Morgan fingerprint density at radius 3 is 1.02 bits per heavy atom. The van der Waals surface area contributed by atoms with Crippen LogP contribution in [0.15, 0.2) is 121 Å². The maximum atomic E-state index is 13.2. The van der Waals surface area contributed by atoms with Gasteiger partial charge in [0, 0.05) is 83.3 Å². The van der Waals surface area contributed by atoms with Crippen molar-refractivity contribution in [2.75, 3.05) is 76.8 Å². The minimum absolute atomic E-state index is 0.0947. The van der Waals surface area contributed by atoms with Gasteiger partial charge in [-0.3, -0.25) is 33.6 Å². The summed E-state index contributed by atoms with van der Waals surface area (Å²) in [6, 6.07) is 33.2. The van der Waals surface area contributed by atoms with Gasteiger partial charge in [-0.05, 0) is 140 Å². The van der Waals surface area contributed by atoms with Gasteiger partial charge in [0.1, 0.15) is 40.9 Å². The number of anilines is 2. The van der Waals surface area contributed by atoms with Crippen LogP contribution < -0.4 is 44.4 Å². The first kappa shape index (κ1) is 114. The molecular formula is C92H119F12N3O23. The smallest absolute Gasteiger partial charge is 0.344 e. The first-order chi connectivity index (χ1) is 59.8. The van der Waals surface area contributed by atoms with Crippen LogP contribution in [0, 0.1) is 27.1 Å². The van der Waals surface area contributed by atoms with Crippen molar-refractivity contribution in [3.63, 3.8) is 0 Å². The summed E-state index contributed by atoms with van der Waals surface area (Å²) < 4.78 is 212. The number of carbonyl (C=O) groups is 11. The van der Waals surface area contributed by atoms with Gasteiger partial charge in [0.25, 0.3) is 35.5 Å². The van der Waals surface area contributed by atoms with E-state index in [0.29, 0.717) is 129 Å². The first-order valence-corrected chi connectivity index (χ1v) is 41.1. The molecule has 0 aliphatic rings. The second kappa shape index (κ2) is 51.1. The number of rotatable bonds is 43. The Kier molecular flexibility index (Phi) is 45.0. The molecule has 724 valence electrons. The first-order valence-electron chi connectivity index (χ1n) is 41.1. The molecule has 3 amide bonds. The van der Waals surface area contributed by atoms with Crippen LogP contribution in [-0.4, -0.2) is 167 Å². The highest BCUT2D eigenvalue weighted by atomic mass is 19.3. The van der Waals surface area contributed by atoms with E-state index >= 15 is 0 Å². The van der Waals surface area contributed by atoms with Crippen LogP contribution in [0.2, 0.25) is 0 Å². The fourth-order valence-corrected chi connectivity index (χ4v) is 9.12. The van der Waals surface area contributed by atoms with E-state index in [-0.39, 0.29) is 29.7 Å². The zero-order valence-electron chi connectivity index (χ0n) is 76.7. The number of ether oxygens (including phenoxy) is 12. The van der Waals surface area contributed by atoms with Crippen molar-refractivity contribution in [2.45, 2.75) is 225 Å². The summed E-state index contributed by atoms with van der Waals surface area (Å²) in [5.74, 6) is -24.3. The number of carbonyl (C=O) groups excluding carboxylic acids is 11. The zero-order valence-corrected chi connectivity index (χ0v) is 76.7. The van der Waals surface area contributed by atoms with Crippen LogP contribution >= 0.6 is 0 Å². The molecule has 130 heavy (non-hydrogen) atoms. The number of nitrogens with one attached hydrogen (secondary N) is 3. The molecule has 0 fully saturated rings. The van der Waals surface area contributed by atoms with Crippen molar-refractivity contribution in [1.82, 2.24) is 5.32 Å². The lowest BCUT2D eigenvalue weighted by molar-refractivity contribution is -0.158. The molecule has 6 aromatic carbocycles. The monoisotopic (exact) mass is 1860 g/mol. The molecule has 3 N–H and O–H groups in total. The lowest BCUT2D eigenvalue weighted by Crippen LogP contribution is -2.38. The third-order valence-electron chi connectivity index (χ3n) is 19.1. The van der Waals surface area contributed by atoms with Crippen LogP contribution in [-0.2, 0) is 81.2 Å².